The molecule has 0 N–H and O–H groups in total. The van der Waals surface area contributed by atoms with Gasteiger partial charge in [0.25, 0.3) is 0 Å². The molecule has 1 saturated heterocycles. The van der Waals surface area contributed by atoms with Crippen molar-refractivity contribution in [2.75, 3.05) is 33.2 Å². The van der Waals surface area contributed by atoms with Gasteiger partial charge >= 0.3 is 0 Å². The zero-order chi connectivity index (χ0) is 8.27. The van der Waals surface area contributed by atoms with Gasteiger partial charge in [-0.1, -0.05) is 13.0 Å². The van der Waals surface area contributed by atoms with Crippen LogP contribution in [0.3, 0.4) is 0 Å². The minimum Gasteiger partial charge on any atom is -0.303 e. The zero-order valence-corrected chi connectivity index (χ0v) is 7.58. The largest absolute Gasteiger partial charge is 0.303 e. The van der Waals surface area contributed by atoms with Crippen LogP contribution < -0.4 is 0 Å². The second kappa shape index (κ2) is 3.88. The van der Waals surface area contributed by atoms with Crippen molar-refractivity contribution < 1.29 is 0 Å². The SMILES string of the molecule is C=CC1CN(C)CCN1CC. The van der Waals surface area contributed by atoms with Crippen LogP contribution in [0.4, 0.5) is 0 Å². The number of piperazine rings is 1. The Labute approximate surface area is 69.5 Å². The Hall–Kier alpha value is -0.340. The van der Waals surface area contributed by atoms with Gasteiger partial charge in [-0.3, -0.25) is 4.90 Å². The molecule has 2 heteroatoms. The fraction of sp³-hybridized carbons (Fsp3) is 0.778. The summed E-state index contributed by atoms with van der Waals surface area (Å²) in [4.78, 5) is 4.82. The molecule has 0 aromatic heterocycles. The molecule has 0 aliphatic carbocycles. The molecule has 0 spiro atoms. The molecule has 0 radical (unpaired) electrons. The Kier molecular flexibility index (Phi) is 3.09. The molecular weight excluding hydrogens is 136 g/mol. The monoisotopic (exact) mass is 154 g/mol. The number of rotatable bonds is 2. The van der Waals surface area contributed by atoms with E-state index < -0.39 is 0 Å². The molecule has 0 saturated carbocycles. The van der Waals surface area contributed by atoms with E-state index in [2.05, 4.69) is 36.4 Å². The van der Waals surface area contributed by atoms with E-state index in [0.29, 0.717) is 6.04 Å². The predicted octanol–water partition coefficient (Wildman–Crippen LogP) is 0.808. The maximum atomic E-state index is 3.85. The van der Waals surface area contributed by atoms with Crippen molar-refractivity contribution in [2.24, 2.45) is 0 Å². The van der Waals surface area contributed by atoms with E-state index >= 15 is 0 Å². The Morgan fingerprint density at radius 1 is 1.55 bits per heavy atom. The van der Waals surface area contributed by atoms with Gasteiger partial charge in [0.05, 0.1) is 0 Å². The molecule has 64 valence electrons. The highest BCUT2D eigenvalue weighted by Crippen LogP contribution is 2.07. The lowest BCUT2D eigenvalue weighted by Gasteiger charge is -2.37. The standard InChI is InChI=1S/C9H18N2/c1-4-9-8-10(3)6-7-11(9)5-2/h4,9H,1,5-8H2,2-3H3. The first kappa shape index (κ1) is 8.75. The van der Waals surface area contributed by atoms with E-state index in [1.807, 2.05) is 0 Å². The minimum absolute atomic E-state index is 0.568. The van der Waals surface area contributed by atoms with E-state index in [0.717, 1.165) is 13.1 Å². The summed E-state index contributed by atoms with van der Waals surface area (Å²) in [6, 6.07) is 0.568. The summed E-state index contributed by atoms with van der Waals surface area (Å²) in [5.41, 5.74) is 0. The highest BCUT2D eigenvalue weighted by Gasteiger charge is 2.20. The molecule has 11 heavy (non-hydrogen) atoms. The molecule has 0 aromatic carbocycles. The molecule has 1 aliphatic heterocycles. The average Bonchev–Trinajstić information content (AvgIpc) is 2.04. The lowest BCUT2D eigenvalue weighted by Crippen LogP contribution is -2.50. The third-order valence-corrected chi connectivity index (χ3v) is 2.41. The summed E-state index contributed by atoms with van der Waals surface area (Å²) in [7, 11) is 2.17. The van der Waals surface area contributed by atoms with E-state index in [1.54, 1.807) is 0 Å². The number of hydrogen-bond acceptors (Lipinski definition) is 2. The molecule has 1 rings (SSSR count). The highest BCUT2D eigenvalue weighted by atomic mass is 15.3. The second-order valence-corrected chi connectivity index (χ2v) is 3.19. The van der Waals surface area contributed by atoms with Crippen LogP contribution in [0.15, 0.2) is 12.7 Å². The Morgan fingerprint density at radius 2 is 2.27 bits per heavy atom. The third-order valence-electron chi connectivity index (χ3n) is 2.41. The van der Waals surface area contributed by atoms with Crippen molar-refractivity contribution in [3.63, 3.8) is 0 Å². The van der Waals surface area contributed by atoms with E-state index in [9.17, 15) is 0 Å². The Bertz CT molecular complexity index is 134. The topological polar surface area (TPSA) is 6.48 Å². The third kappa shape index (κ3) is 2.04. The normalized spacial score (nSPS) is 28.7. The maximum absolute atomic E-state index is 3.85. The molecule has 1 aliphatic rings. The molecule has 0 bridgehead atoms. The molecule has 2 nitrogen and oxygen atoms in total. The van der Waals surface area contributed by atoms with Crippen LogP contribution in [-0.4, -0.2) is 49.1 Å². The predicted molar refractivity (Wildman–Crippen MR) is 48.7 cm³/mol. The molecule has 1 heterocycles. The fourth-order valence-corrected chi connectivity index (χ4v) is 1.61. The first-order valence-corrected chi connectivity index (χ1v) is 4.33. The van der Waals surface area contributed by atoms with Crippen LogP contribution in [0.25, 0.3) is 0 Å². The lowest BCUT2D eigenvalue weighted by atomic mass is 10.2. The number of likely N-dealkylation sites (N-methyl/N-ethyl adjacent to an activating group) is 2. The van der Waals surface area contributed by atoms with Crippen molar-refractivity contribution in [3.8, 4) is 0 Å². The van der Waals surface area contributed by atoms with Crippen LogP contribution in [0.2, 0.25) is 0 Å². The Morgan fingerprint density at radius 3 is 2.82 bits per heavy atom. The van der Waals surface area contributed by atoms with Crippen molar-refractivity contribution in [2.45, 2.75) is 13.0 Å². The first-order valence-electron chi connectivity index (χ1n) is 4.33. The van der Waals surface area contributed by atoms with Crippen LogP contribution in [0.5, 0.6) is 0 Å². The van der Waals surface area contributed by atoms with Gasteiger partial charge in [0.15, 0.2) is 0 Å². The summed E-state index contributed by atoms with van der Waals surface area (Å²) >= 11 is 0. The van der Waals surface area contributed by atoms with Crippen molar-refractivity contribution in [1.29, 1.82) is 0 Å². The van der Waals surface area contributed by atoms with Crippen molar-refractivity contribution in [3.05, 3.63) is 12.7 Å². The van der Waals surface area contributed by atoms with Crippen molar-refractivity contribution >= 4 is 0 Å². The number of hydrogen-bond donors (Lipinski definition) is 0. The van der Waals surface area contributed by atoms with E-state index in [4.69, 9.17) is 0 Å². The molecule has 1 fully saturated rings. The van der Waals surface area contributed by atoms with Gasteiger partial charge in [0.2, 0.25) is 0 Å². The smallest absolute Gasteiger partial charge is 0.0403 e. The molecular formula is C9H18N2. The van der Waals surface area contributed by atoms with Gasteiger partial charge < -0.3 is 4.90 Å². The number of nitrogens with zero attached hydrogens (tertiary/aromatic N) is 2. The second-order valence-electron chi connectivity index (χ2n) is 3.19. The van der Waals surface area contributed by atoms with Gasteiger partial charge in [0, 0.05) is 25.7 Å². The summed E-state index contributed by atoms with van der Waals surface area (Å²) < 4.78 is 0. The summed E-state index contributed by atoms with van der Waals surface area (Å²) in [6.07, 6.45) is 2.05. The van der Waals surface area contributed by atoms with E-state index in [1.165, 1.54) is 13.1 Å². The lowest BCUT2D eigenvalue weighted by molar-refractivity contribution is 0.121. The molecule has 0 aromatic rings. The maximum Gasteiger partial charge on any atom is 0.0403 e. The molecule has 1 unspecified atom stereocenters. The Balaban J connectivity index is 2.47. The van der Waals surface area contributed by atoms with Crippen LogP contribution in [0, 0.1) is 0 Å². The summed E-state index contributed by atoms with van der Waals surface area (Å²) in [6.45, 7) is 10.7. The molecule has 0 amide bonds. The first-order chi connectivity index (χ1) is 5.27. The zero-order valence-electron chi connectivity index (χ0n) is 7.58. The van der Waals surface area contributed by atoms with Crippen molar-refractivity contribution in [1.82, 2.24) is 9.80 Å². The van der Waals surface area contributed by atoms with Crippen LogP contribution in [0.1, 0.15) is 6.92 Å². The van der Waals surface area contributed by atoms with Gasteiger partial charge in [0.1, 0.15) is 0 Å². The fourth-order valence-electron chi connectivity index (χ4n) is 1.61. The molecule has 1 atom stereocenters. The summed E-state index contributed by atoms with van der Waals surface area (Å²) in [5.74, 6) is 0. The summed E-state index contributed by atoms with van der Waals surface area (Å²) in [5, 5.41) is 0. The van der Waals surface area contributed by atoms with Crippen LogP contribution >= 0.6 is 0 Å². The quantitative estimate of drug-likeness (QED) is 0.543. The van der Waals surface area contributed by atoms with Gasteiger partial charge in [-0.05, 0) is 13.6 Å². The van der Waals surface area contributed by atoms with Crippen LogP contribution in [-0.2, 0) is 0 Å². The highest BCUT2D eigenvalue weighted by molar-refractivity contribution is 4.92. The average molecular weight is 154 g/mol. The van der Waals surface area contributed by atoms with E-state index in [-0.39, 0.29) is 0 Å². The van der Waals surface area contributed by atoms with Gasteiger partial charge in [-0.2, -0.15) is 0 Å². The minimum atomic E-state index is 0.568. The van der Waals surface area contributed by atoms with Gasteiger partial charge in [-0.15, -0.1) is 6.58 Å². The van der Waals surface area contributed by atoms with Gasteiger partial charge in [-0.25, -0.2) is 0 Å².